The summed E-state index contributed by atoms with van der Waals surface area (Å²) in [6.45, 7) is 8.53. The fraction of sp³-hybridized carbons (Fsp3) is 0.441. The van der Waals surface area contributed by atoms with Gasteiger partial charge in [-0.25, -0.2) is 4.79 Å². The molecule has 0 aliphatic carbocycles. The van der Waals surface area contributed by atoms with Gasteiger partial charge in [-0.2, -0.15) is 0 Å². The average Bonchev–Trinajstić information content (AvgIpc) is 3.43. The van der Waals surface area contributed by atoms with Crippen molar-refractivity contribution in [3.05, 3.63) is 71.9 Å². The smallest absolute Gasteiger partial charge is 0.326 e. The zero-order chi connectivity index (χ0) is 34.0. The normalized spacial score (nSPS) is 15.2. The van der Waals surface area contributed by atoms with Gasteiger partial charge in [0.05, 0.1) is 6.04 Å². The number of carboxylic acid groups (broad SMARTS) is 1. The Morgan fingerprint density at radius 2 is 1.30 bits per heavy atom. The lowest BCUT2D eigenvalue weighted by atomic mass is 9.96. The number of carbonyl (C=O) groups is 5. The van der Waals surface area contributed by atoms with Crippen molar-refractivity contribution in [2.75, 3.05) is 0 Å². The first-order chi connectivity index (χ1) is 21.8. The van der Waals surface area contributed by atoms with E-state index in [9.17, 15) is 29.1 Å². The molecule has 4 amide bonds. The van der Waals surface area contributed by atoms with Gasteiger partial charge in [-0.05, 0) is 36.0 Å². The summed E-state index contributed by atoms with van der Waals surface area (Å²) in [6.07, 6.45) is 2.50. The van der Waals surface area contributed by atoms with Gasteiger partial charge in [-0.3, -0.25) is 19.2 Å². The number of nitrogens with two attached hydrogens (primary N) is 1. The van der Waals surface area contributed by atoms with Crippen molar-refractivity contribution in [3.63, 3.8) is 0 Å². The second kappa shape index (κ2) is 16.6. The van der Waals surface area contributed by atoms with Crippen LogP contribution in [0.3, 0.4) is 0 Å². The van der Waals surface area contributed by atoms with Crippen molar-refractivity contribution in [1.82, 2.24) is 26.3 Å². The Morgan fingerprint density at radius 3 is 1.91 bits per heavy atom. The second-order valence-corrected chi connectivity index (χ2v) is 12.1. The minimum absolute atomic E-state index is 0.0674. The first kappa shape index (κ1) is 35.8. The van der Waals surface area contributed by atoms with Gasteiger partial charge in [0.25, 0.3) is 0 Å². The summed E-state index contributed by atoms with van der Waals surface area (Å²) in [5.74, 6) is -4.33. The van der Waals surface area contributed by atoms with Crippen molar-refractivity contribution >= 4 is 40.5 Å². The molecule has 0 bridgehead atoms. The number of hydrogen-bond donors (Lipinski definition) is 7. The van der Waals surface area contributed by atoms with E-state index in [4.69, 9.17) is 5.73 Å². The molecule has 3 rings (SSSR count). The first-order valence-electron chi connectivity index (χ1n) is 15.6. The predicted octanol–water partition coefficient (Wildman–Crippen LogP) is 2.03. The van der Waals surface area contributed by atoms with Crippen LogP contribution < -0.4 is 27.0 Å². The number of rotatable bonds is 16. The number of H-pyrrole nitrogens is 1. The highest BCUT2D eigenvalue weighted by molar-refractivity contribution is 5.96. The summed E-state index contributed by atoms with van der Waals surface area (Å²) in [6, 6.07) is 11.3. The summed E-state index contributed by atoms with van der Waals surface area (Å²) in [5, 5.41) is 21.4. The second-order valence-electron chi connectivity index (χ2n) is 12.1. The van der Waals surface area contributed by atoms with Crippen LogP contribution in [0.1, 0.15) is 52.2 Å². The molecule has 6 atom stereocenters. The lowest BCUT2D eigenvalue weighted by molar-refractivity contribution is -0.144. The standard InChI is InChI=1S/C34H46N6O6/c1-6-20(4)29(34(45)46)40-33(44)28(19(2)3)39-32(43)27(17-23-18-36-25-15-11-10-14-24(23)25)38-31(42)26(37-30(41)21(5)35)16-22-12-8-7-9-13-22/h7-15,18-21,26-29,36H,6,16-17,35H2,1-5H3,(H,37,41)(H,38,42)(H,39,43)(H,40,44)(H,45,46)/t20-,21-,26-,27-,28-,29-/m0/s1. The number of aromatic amines is 1. The minimum atomic E-state index is -1.17. The van der Waals surface area contributed by atoms with Crippen LogP contribution >= 0.6 is 0 Å². The van der Waals surface area contributed by atoms with E-state index in [-0.39, 0.29) is 18.8 Å². The number of aliphatic carboxylic acids is 1. The Kier molecular flexibility index (Phi) is 12.9. The maximum Gasteiger partial charge on any atom is 0.326 e. The maximum atomic E-state index is 13.9. The third-order valence-corrected chi connectivity index (χ3v) is 8.08. The van der Waals surface area contributed by atoms with E-state index in [1.807, 2.05) is 61.5 Å². The van der Waals surface area contributed by atoms with Gasteiger partial charge >= 0.3 is 5.97 Å². The van der Waals surface area contributed by atoms with Gasteiger partial charge in [0.15, 0.2) is 0 Å². The number of carboxylic acids is 1. The summed E-state index contributed by atoms with van der Waals surface area (Å²) in [5.41, 5.74) is 8.16. The molecule has 8 N–H and O–H groups in total. The number of nitrogens with one attached hydrogen (secondary N) is 5. The van der Waals surface area contributed by atoms with Crippen molar-refractivity contribution in [2.45, 2.75) is 84.1 Å². The van der Waals surface area contributed by atoms with Crippen molar-refractivity contribution in [1.29, 1.82) is 0 Å². The highest BCUT2D eigenvalue weighted by atomic mass is 16.4. The molecule has 1 aromatic heterocycles. The Labute approximate surface area is 269 Å². The van der Waals surface area contributed by atoms with Crippen LogP contribution in [0.5, 0.6) is 0 Å². The van der Waals surface area contributed by atoms with E-state index in [1.165, 1.54) is 6.92 Å². The molecule has 0 spiro atoms. The first-order valence-corrected chi connectivity index (χ1v) is 15.6. The molecule has 0 saturated heterocycles. The number of amides is 4. The summed E-state index contributed by atoms with van der Waals surface area (Å²) in [4.78, 5) is 68.7. The molecule has 2 aromatic carbocycles. The number of carbonyl (C=O) groups excluding carboxylic acids is 4. The van der Waals surface area contributed by atoms with Gasteiger partial charge in [-0.1, -0.05) is 82.6 Å². The molecule has 1 heterocycles. The zero-order valence-corrected chi connectivity index (χ0v) is 27.0. The van der Waals surface area contributed by atoms with Gasteiger partial charge in [-0.15, -0.1) is 0 Å². The zero-order valence-electron chi connectivity index (χ0n) is 27.0. The fourth-order valence-corrected chi connectivity index (χ4v) is 5.08. The lowest BCUT2D eigenvalue weighted by Gasteiger charge is -2.28. The van der Waals surface area contributed by atoms with Crippen LogP contribution in [0.2, 0.25) is 0 Å². The number of aromatic nitrogens is 1. The van der Waals surface area contributed by atoms with E-state index in [1.54, 1.807) is 27.0 Å². The van der Waals surface area contributed by atoms with Gasteiger partial charge in [0.1, 0.15) is 24.2 Å². The quantitative estimate of drug-likeness (QED) is 0.125. The molecule has 3 aromatic rings. The highest BCUT2D eigenvalue weighted by Gasteiger charge is 2.34. The Balaban J connectivity index is 1.92. The minimum Gasteiger partial charge on any atom is -0.480 e. The van der Waals surface area contributed by atoms with Crippen LogP contribution in [-0.2, 0) is 36.8 Å². The molecular formula is C34H46N6O6. The molecule has 0 saturated carbocycles. The van der Waals surface area contributed by atoms with Crippen LogP contribution in [0, 0.1) is 11.8 Å². The van der Waals surface area contributed by atoms with E-state index in [2.05, 4.69) is 26.3 Å². The summed E-state index contributed by atoms with van der Waals surface area (Å²) < 4.78 is 0. The van der Waals surface area contributed by atoms with Gasteiger partial charge in [0, 0.05) is 29.9 Å². The predicted molar refractivity (Wildman–Crippen MR) is 175 cm³/mol. The van der Waals surface area contributed by atoms with E-state index >= 15 is 0 Å². The molecule has 248 valence electrons. The molecule has 0 radical (unpaired) electrons. The molecule has 46 heavy (non-hydrogen) atoms. The fourth-order valence-electron chi connectivity index (χ4n) is 5.08. The third-order valence-electron chi connectivity index (χ3n) is 8.08. The average molecular weight is 635 g/mol. The number of fused-ring (bicyclic) bond motifs is 1. The monoisotopic (exact) mass is 634 g/mol. The number of hydrogen-bond acceptors (Lipinski definition) is 6. The van der Waals surface area contributed by atoms with Crippen LogP contribution in [0.25, 0.3) is 10.9 Å². The SMILES string of the molecule is CC[C@H](C)[C@H](NC(=O)[C@@H](NC(=O)[C@H](Cc1c[nH]c2ccccc12)NC(=O)[C@H](Cc1ccccc1)NC(=O)[C@H](C)N)C(C)C)C(=O)O. The summed E-state index contributed by atoms with van der Waals surface area (Å²) in [7, 11) is 0. The van der Waals surface area contributed by atoms with Crippen molar-refractivity contribution < 1.29 is 29.1 Å². The molecule has 0 fully saturated rings. The Morgan fingerprint density at radius 1 is 0.739 bits per heavy atom. The van der Waals surface area contributed by atoms with Crippen molar-refractivity contribution in [3.8, 4) is 0 Å². The largest absolute Gasteiger partial charge is 0.480 e. The topological polar surface area (TPSA) is 196 Å². The van der Waals surface area contributed by atoms with Crippen LogP contribution in [0.15, 0.2) is 60.8 Å². The van der Waals surface area contributed by atoms with Crippen LogP contribution in [0.4, 0.5) is 0 Å². The Bertz CT molecular complexity index is 1500. The van der Waals surface area contributed by atoms with Gasteiger partial charge in [0.2, 0.25) is 23.6 Å². The maximum absolute atomic E-state index is 13.9. The molecule has 12 nitrogen and oxygen atoms in total. The number of para-hydroxylation sites is 1. The van der Waals surface area contributed by atoms with Crippen LogP contribution in [-0.4, -0.2) is 69.9 Å². The molecule has 12 heteroatoms. The van der Waals surface area contributed by atoms with Gasteiger partial charge < -0.3 is 37.1 Å². The summed E-state index contributed by atoms with van der Waals surface area (Å²) >= 11 is 0. The molecule has 0 unspecified atom stereocenters. The van der Waals surface area contributed by atoms with E-state index in [0.29, 0.717) is 6.42 Å². The highest BCUT2D eigenvalue weighted by Crippen LogP contribution is 2.20. The molecule has 0 aliphatic heterocycles. The third kappa shape index (κ3) is 9.64. The van der Waals surface area contributed by atoms with E-state index in [0.717, 1.165) is 22.0 Å². The molecular weight excluding hydrogens is 588 g/mol. The van der Waals surface area contributed by atoms with Crippen molar-refractivity contribution in [2.24, 2.45) is 17.6 Å². The lowest BCUT2D eigenvalue weighted by Crippen LogP contribution is -2.60. The molecule has 0 aliphatic rings. The Hall–Kier alpha value is -4.71. The number of benzene rings is 2. The van der Waals surface area contributed by atoms with E-state index < -0.39 is 65.7 Å².